The Balaban J connectivity index is 1.36. The molecule has 1 aromatic heterocycles. The molecule has 0 unspecified atom stereocenters. The molecule has 0 radical (unpaired) electrons. The molecule has 2 fully saturated rings. The van der Waals surface area contributed by atoms with Gasteiger partial charge in [-0.25, -0.2) is 8.42 Å². The zero-order chi connectivity index (χ0) is 32.4. The molecule has 2 aliphatic rings. The molecule has 0 aliphatic carbocycles. The number of rotatable bonds is 8. The number of benzene rings is 3. The Labute approximate surface area is 272 Å². The molecule has 46 heavy (non-hydrogen) atoms. The maximum absolute atomic E-state index is 13.8. The van der Waals surface area contributed by atoms with Crippen LogP contribution in [0.15, 0.2) is 65.6 Å². The molecule has 0 spiro atoms. The standard InChI is InChI=1S/C33H35ClN4O7S/c1-22-27(28-19-25(43-2)7-9-30(28)38(22)33(40)23-3-5-24(34)6-4-23)21-32(39)35-29-20-26(46(41,42)37-13-17-45-18-14-37)8-10-31(29)36-11-15-44-16-12-36/h3-10,19-20H,11-18,21H2,1-2H3,(H,35,39). The number of carbonyl (C=O) groups is 2. The number of halogens is 1. The van der Waals surface area contributed by atoms with E-state index in [1.54, 1.807) is 67.1 Å². The molecule has 0 saturated carbocycles. The fraction of sp³-hybridized carbons (Fsp3) is 0.333. The van der Waals surface area contributed by atoms with Crippen LogP contribution in [-0.2, 0) is 30.7 Å². The zero-order valence-electron chi connectivity index (χ0n) is 25.6. The van der Waals surface area contributed by atoms with E-state index in [4.69, 9.17) is 25.8 Å². The number of carbonyl (C=O) groups excluding carboxylic acids is 2. The van der Waals surface area contributed by atoms with Crippen molar-refractivity contribution in [1.82, 2.24) is 8.87 Å². The maximum atomic E-state index is 13.8. The van der Waals surface area contributed by atoms with Crippen LogP contribution in [0.5, 0.6) is 5.75 Å². The molecular weight excluding hydrogens is 632 g/mol. The summed E-state index contributed by atoms with van der Waals surface area (Å²) in [5.74, 6) is -0.0353. The minimum Gasteiger partial charge on any atom is -0.497 e. The topological polar surface area (TPSA) is 119 Å². The lowest BCUT2D eigenvalue weighted by molar-refractivity contribution is -0.115. The van der Waals surface area contributed by atoms with Crippen LogP contribution in [0.4, 0.5) is 11.4 Å². The highest BCUT2D eigenvalue weighted by Crippen LogP contribution is 2.34. The van der Waals surface area contributed by atoms with Crippen LogP contribution in [0.1, 0.15) is 21.6 Å². The predicted molar refractivity (Wildman–Crippen MR) is 176 cm³/mol. The molecule has 2 aliphatic heterocycles. The number of ether oxygens (including phenoxy) is 3. The fourth-order valence-corrected chi connectivity index (χ4v) is 7.50. The van der Waals surface area contributed by atoms with Gasteiger partial charge in [0, 0.05) is 47.8 Å². The van der Waals surface area contributed by atoms with Gasteiger partial charge in [-0.15, -0.1) is 0 Å². The Morgan fingerprint density at radius 2 is 1.59 bits per heavy atom. The van der Waals surface area contributed by atoms with E-state index in [1.165, 1.54) is 10.4 Å². The Morgan fingerprint density at radius 1 is 0.913 bits per heavy atom. The van der Waals surface area contributed by atoms with Gasteiger partial charge in [0.05, 0.1) is 61.7 Å². The third-order valence-electron chi connectivity index (χ3n) is 8.38. The van der Waals surface area contributed by atoms with Gasteiger partial charge in [-0.1, -0.05) is 11.6 Å². The Kier molecular flexibility index (Phi) is 9.34. The van der Waals surface area contributed by atoms with Gasteiger partial charge in [0.25, 0.3) is 5.91 Å². The third kappa shape index (κ3) is 6.36. The van der Waals surface area contributed by atoms with E-state index in [9.17, 15) is 18.0 Å². The van der Waals surface area contributed by atoms with Crippen LogP contribution < -0.4 is 15.0 Å². The summed E-state index contributed by atoms with van der Waals surface area (Å²) >= 11 is 6.06. The summed E-state index contributed by atoms with van der Waals surface area (Å²) in [6.07, 6.45) is -0.0700. The van der Waals surface area contributed by atoms with E-state index >= 15 is 0 Å². The van der Waals surface area contributed by atoms with Gasteiger partial charge in [-0.3, -0.25) is 14.2 Å². The van der Waals surface area contributed by atoms with E-state index in [-0.39, 0.29) is 36.2 Å². The molecule has 13 heteroatoms. The van der Waals surface area contributed by atoms with Crippen LogP contribution in [0, 0.1) is 6.92 Å². The van der Waals surface area contributed by atoms with E-state index in [1.807, 2.05) is 6.07 Å². The maximum Gasteiger partial charge on any atom is 0.262 e. The second kappa shape index (κ2) is 13.4. The van der Waals surface area contributed by atoms with Gasteiger partial charge in [-0.05, 0) is 73.2 Å². The second-order valence-corrected chi connectivity index (χ2v) is 13.5. The number of hydrogen-bond donors (Lipinski definition) is 1. The average molecular weight is 667 g/mol. The number of hydrogen-bond acceptors (Lipinski definition) is 8. The molecule has 2 saturated heterocycles. The summed E-state index contributed by atoms with van der Waals surface area (Å²) in [7, 11) is -2.25. The lowest BCUT2D eigenvalue weighted by atomic mass is 10.1. The lowest BCUT2D eigenvalue weighted by Gasteiger charge is -2.31. The van der Waals surface area contributed by atoms with Crippen LogP contribution >= 0.6 is 11.6 Å². The molecular formula is C33H35ClN4O7S. The van der Waals surface area contributed by atoms with E-state index in [0.29, 0.717) is 89.4 Å². The summed E-state index contributed by atoms with van der Waals surface area (Å²) in [6.45, 7) is 5.20. The first-order valence-corrected chi connectivity index (χ1v) is 16.8. The van der Waals surface area contributed by atoms with Crippen LogP contribution in [0.25, 0.3) is 10.9 Å². The Hall–Kier alpha value is -3.94. The Morgan fingerprint density at radius 3 is 2.26 bits per heavy atom. The van der Waals surface area contributed by atoms with Gasteiger partial charge in [0.1, 0.15) is 5.75 Å². The van der Waals surface area contributed by atoms with Crippen molar-refractivity contribution in [3.05, 3.63) is 82.5 Å². The van der Waals surface area contributed by atoms with Crippen molar-refractivity contribution in [2.75, 3.05) is 69.9 Å². The van der Waals surface area contributed by atoms with Crippen LogP contribution in [-0.4, -0.2) is 88.8 Å². The van der Waals surface area contributed by atoms with E-state index in [0.717, 1.165) is 0 Å². The number of fused-ring (bicyclic) bond motifs is 1. The number of morpholine rings is 2. The average Bonchev–Trinajstić information content (AvgIpc) is 3.35. The molecule has 0 bridgehead atoms. The molecule has 0 atom stereocenters. The van der Waals surface area contributed by atoms with Crippen molar-refractivity contribution >= 4 is 55.7 Å². The minimum atomic E-state index is -3.81. The van der Waals surface area contributed by atoms with Gasteiger partial charge >= 0.3 is 0 Å². The number of aromatic nitrogens is 1. The van der Waals surface area contributed by atoms with Crippen molar-refractivity contribution < 1.29 is 32.2 Å². The smallest absolute Gasteiger partial charge is 0.262 e. The fourth-order valence-electron chi connectivity index (χ4n) is 5.94. The highest BCUT2D eigenvalue weighted by atomic mass is 35.5. The van der Waals surface area contributed by atoms with Crippen molar-refractivity contribution in [3.63, 3.8) is 0 Å². The zero-order valence-corrected chi connectivity index (χ0v) is 27.2. The first-order valence-electron chi connectivity index (χ1n) is 15.0. The Bertz CT molecular complexity index is 1880. The first-order chi connectivity index (χ1) is 22.2. The monoisotopic (exact) mass is 666 g/mol. The van der Waals surface area contributed by atoms with Gasteiger partial charge in [0.15, 0.2) is 0 Å². The van der Waals surface area contributed by atoms with Crippen LogP contribution in [0.2, 0.25) is 5.02 Å². The highest BCUT2D eigenvalue weighted by Gasteiger charge is 2.29. The summed E-state index contributed by atoms with van der Waals surface area (Å²) in [5.41, 5.74) is 3.43. The van der Waals surface area contributed by atoms with Crippen molar-refractivity contribution in [2.24, 2.45) is 0 Å². The number of methoxy groups -OCH3 is 1. The van der Waals surface area contributed by atoms with Crippen molar-refractivity contribution in [2.45, 2.75) is 18.2 Å². The molecule has 1 amide bonds. The van der Waals surface area contributed by atoms with Crippen LogP contribution in [0.3, 0.4) is 0 Å². The van der Waals surface area contributed by atoms with Gasteiger partial charge in [-0.2, -0.15) is 4.31 Å². The number of nitrogens with zero attached hydrogens (tertiary/aromatic N) is 3. The third-order valence-corrected chi connectivity index (χ3v) is 10.5. The first kappa shape index (κ1) is 32.0. The summed E-state index contributed by atoms with van der Waals surface area (Å²) < 4.78 is 46.4. The summed E-state index contributed by atoms with van der Waals surface area (Å²) in [5, 5.41) is 4.22. The largest absolute Gasteiger partial charge is 0.497 e. The molecule has 11 nitrogen and oxygen atoms in total. The number of amides is 1. The number of sulfonamides is 1. The van der Waals surface area contributed by atoms with Gasteiger partial charge in [0.2, 0.25) is 15.9 Å². The van der Waals surface area contributed by atoms with Crippen molar-refractivity contribution in [3.8, 4) is 5.75 Å². The quantitative estimate of drug-likeness (QED) is 0.295. The molecule has 242 valence electrons. The van der Waals surface area contributed by atoms with E-state index in [2.05, 4.69) is 10.2 Å². The molecule has 4 aromatic rings. The summed E-state index contributed by atoms with van der Waals surface area (Å²) in [4.78, 5) is 29.7. The molecule has 3 aromatic carbocycles. The SMILES string of the molecule is COc1ccc2c(c1)c(CC(=O)Nc1cc(S(=O)(=O)N3CCOCC3)ccc1N1CCOCC1)c(C)n2C(=O)c1ccc(Cl)cc1. The summed E-state index contributed by atoms with van der Waals surface area (Å²) in [6, 6.07) is 16.9. The highest BCUT2D eigenvalue weighted by molar-refractivity contribution is 7.89. The predicted octanol–water partition coefficient (Wildman–Crippen LogP) is 4.34. The second-order valence-electron chi connectivity index (χ2n) is 11.1. The normalized spacial score (nSPS) is 16.0. The minimum absolute atomic E-state index is 0.0700. The number of anilines is 2. The van der Waals surface area contributed by atoms with Crippen molar-refractivity contribution in [1.29, 1.82) is 0 Å². The number of nitrogens with one attached hydrogen (secondary N) is 1. The molecule has 1 N–H and O–H groups in total. The molecule has 6 rings (SSSR count). The lowest BCUT2D eigenvalue weighted by Crippen LogP contribution is -2.40. The van der Waals surface area contributed by atoms with Gasteiger partial charge < -0.3 is 24.4 Å². The van der Waals surface area contributed by atoms with E-state index < -0.39 is 10.0 Å². The molecule has 3 heterocycles.